The Kier molecular flexibility index (Phi) is 6.66. The standard InChI is InChI=1S/C23H29ClN4O4S/c1-22(2,9-12-29)33(32)23(7-8-23)15-27-10-11-28-18(21(27)31)14-25-19(28)20(30)26-13-16-3-5-17(24)6-4-16/h3-6,14,29H,7-13,15H2,1-2H3,(H,26,30). The summed E-state index contributed by atoms with van der Waals surface area (Å²) < 4.78 is 14.0. The third-order valence-corrected chi connectivity index (χ3v) is 9.20. The number of benzene rings is 1. The molecular weight excluding hydrogens is 464 g/mol. The van der Waals surface area contributed by atoms with E-state index in [2.05, 4.69) is 10.3 Å². The molecule has 1 saturated carbocycles. The molecule has 1 aliphatic heterocycles. The van der Waals surface area contributed by atoms with Crippen LogP contribution in [0.4, 0.5) is 0 Å². The highest BCUT2D eigenvalue weighted by atomic mass is 35.5. The lowest BCUT2D eigenvalue weighted by Crippen LogP contribution is -2.49. The van der Waals surface area contributed by atoms with Crippen LogP contribution < -0.4 is 5.32 Å². The highest BCUT2D eigenvalue weighted by molar-refractivity contribution is 7.88. The lowest BCUT2D eigenvalue weighted by molar-refractivity contribution is 0.0698. The number of nitrogens with one attached hydrogen (secondary N) is 1. The number of carbonyl (C=O) groups excluding carboxylic acids is 2. The van der Waals surface area contributed by atoms with E-state index in [-0.39, 0.29) is 24.2 Å². The van der Waals surface area contributed by atoms with Crippen molar-refractivity contribution in [3.8, 4) is 0 Å². The van der Waals surface area contributed by atoms with Crippen LogP contribution in [-0.2, 0) is 23.9 Å². The molecular formula is C23H29ClN4O4S. The van der Waals surface area contributed by atoms with Crippen LogP contribution in [-0.4, -0.2) is 64.8 Å². The number of fused-ring (bicyclic) bond motifs is 1. The van der Waals surface area contributed by atoms with Crippen LogP contribution in [0.25, 0.3) is 0 Å². The fraction of sp³-hybridized carbons (Fsp3) is 0.522. The van der Waals surface area contributed by atoms with Gasteiger partial charge in [0, 0.05) is 53.4 Å². The largest absolute Gasteiger partial charge is 0.396 e. The number of rotatable bonds is 9. The molecule has 33 heavy (non-hydrogen) atoms. The Morgan fingerprint density at radius 3 is 2.61 bits per heavy atom. The Labute approximate surface area is 200 Å². The number of hydrogen-bond acceptors (Lipinski definition) is 5. The first-order chi connectivity index (χ1) is 15.7. The topological polar surface area (TPSA) is 105 Å². The lowest BCUT2D eigenvalue weighted by Gasteiger charge is -2.35. The lowest BCUT2D eigenvalue weighted by atomic mass is 10.1. The smallest absolute Gasteiger partial charge is 0.287 e. The van der Waals surface area contributed by atoms with E-state index < -0.39 is 20.3 Å². The van der Waals surface area contributed by atoms with Gasteiger partial charge in [0.25, 0.3) is 11.8 Å². The SMILES string of the molecule is CC(C)(CCO)S(=O)C1(CN2CCn3c(cnc3C(=O)NCc3ccc(Cl)cc3)C2=O)CC1. The van der Waals surface area contributed by atoms with Crippen molar-refractivity contribution in [1.29, 1.82) is 0 Å². The quantitative estimate of drug-likeness (QED) is 0.559. The van der Waals surface area contributed by atoms with Crippen LogP contribution >= 0.6 is 11.6 Å². The minimum absolute atomic E-state index is 0.0144. The molecule has 2 N–H and O–H groups in total. The fourth-order valence-corrected chi connectivity index (χ4v) is 6.61. The van der Waals surface area contributed by atoms with Gasteiger partial charge < -0.3 is 19.9 Å². The normalized spacial score (nSPS) is 18.1. The van der Waals surface area contributed by atoms with Crippen LogP contribution in [0.3, 0.4) is 0 Å². The van der Waals surface area contributed by atoms with E-state index in [4.69, 9.17) is 11.6 Å². The van der Waals surface area contributed by atoms with Gasteiger partial charge in [-0.2, -0.15) is 0 Å². The van der Waals surface area contributed by atoms with Gasteiger partial charge in [-0.1, -0.05) is 23.7 Å². The minimum atomic E-state index is -1.18. The van der Waals surface area contributed by atoms with Crippen molar-refractivity contribution in [3.63, 3.8) is 0 Å². The van der Waals surface area contributed by atoms with Crippen LogP contribution in [0.1, 0.15) is 59.8 Å². The second-order valence-electron chi connectivity index (χ2n) is 9.34. The number of aromatic nitrogens is 2. The summed E-state index contributed by atoms with van der Waals surface area (Å²) >= 11 is 5.89. The number of aliphatic hydroxyl groups is 1. The maximum absolute atomic E-state index is 13.3. The molecule has 1 atom stereocenters. The molecule has 178 valence electrons. The Morgan fingerprint density at radius 2 is 1.97 bits per heavy atom. The third kappa shape index (κ3) is 4.85. The second-order valence-corrected chi connectivity index (χ2v) is 12.3. The minimum Gasteiger partial charge on any atom is -0.396 e. The summed E-state index contributed by atoms with van der Waals surface area (Å²) in [6, 6.07) is 7.20. The first-order valence-corrected chi connectivity index (χ1v) is 12.6. The zero-order valence-electron chi connectivity index (χ0n) is 18.8. The summed E-state index contributed by atoms with van der Waals surface area (Å²) in [5.74, 6) is -0.336. The second kappa shape index (κ2) is 9.19. The van der Waals surface area contributed by atoms with Crippen molar-refractivity contribution in [1.82, 2.24) is 19.8 Å². The van der Waals surface area contributed by atoms with Crippen molar-refractivity contribution in [3.05, 3.63) is 52.6 Å². The van der Waals surface area contributed by atoms with Gasteiger partial charge in [-0.05, 0) is 50.8 Å². The van der Waals surface area contributed by atoms with E-state index in [9.17, 15) is 18.9 Å². The predicted molar refractivity (Wildman–Crippen MR) is 127 cm³/mol. The van der Waals surface area contributed by atoms with E-state index in [0.717, 1.165) is 18.4 Å². The van der Waals surface area contributed by atoms with Gasteiger partial charge in [0.05, 0.1) is 10.9 Å². The molecule has 1 aromatic heterocycles. The van der Waals surface area contributed by atoms with E-state index >= 15 is 0 Å². The number of hydrogen-bond donors (Lipinski definition) is 2. The van der Waals surface area contributed by atoms with Gasteiger partial charge in [-0.15, -0.1) is 0 Å². The highest BCUT2D eigenvalue weighted by Crippen LogP contribution is 2.47. The predicted octanol–water partition coefficient (Wildman–Crippen LogP) is 2.36. The van der Waals surface area contributed by atoms with Gasteiger partial charge in [-0.25, -0.2) is 4.98 Å². The summed E-state index contributed by atoms with van der Waals surface area (Å²) in [7, 11) is -1.18. The molecule has 2 aromatic rings. The summed E-state index contributed by atoms with van der Waals surface area (Å²) in [6.07, 6.45) is 3.50. The Balaban J connectivity index is 1.42. The van der Waals surface area contributed by atoms with Gasteiger partial charge in [-0.3, -0.25) is 13.8 Å². The van der Waals surface area contributed by atoms with E-state index in [1.165, 1.54) is 6.20 Å². The van der Waals surface area contributed by atoms with Crippen molar-refractivity contribution in [2.24, 2.45) is 0 Å². The van der Waals surface area contributed by atoms with Crippen molar-refractivity contribution in [2.75, 3.05) is 19.7 Å². The zero-order chi connectivity index (χ0) is 23.8. The molecule has 8 nitrogen and oxygen atoms in total. The van der Waals surface area contributed by atoms with Crippen LogP contribution in [0, 0.1) is 0 Å². The Hall–Kier alpha value is -2.23. The van der Waals surface area contributed by atoms with E-state index in [0.29, 0.717) is 43.3 Å². The van der Waals surface area contributed by atoms with Gasteiger partial charge in [0.2, 0.25) is 0 Å². The summed E-state index contributed by atoms with van der Waals surface area (Å²) in [5.41, 5.74) is 1.28. The molecule has 2 amide bonds. The first-order valence-electron chi connectivity index (χ1n) is 11.1. The average Bonchev–Trinajstić information content (AvgIpc) is 3.43. The third-order valence-electron chi connectivity index (χ3n) is 6.42. The van der Waals surface area contributed by atoms with Gasteiger partial charge >= 0.3 is 0 Å². The monoisotopic (exact) mass is 492 g/mol. The Morgan fingerprint density at radius 1 is 1.27 bits per heavy atom. The molecule has 0 radical (unpaired) electrons. The average molecular weight is 493 g/mol. The fourth-order valence-electron chi connectivity index (χ4n) is 4.29. The maximum atomic E-state index is 13.3. The van der Waals surface area contributed by atoms with E-state index in [1.54, 1.807) is 21.6 Å². The van der Waals surface area contributed by atoms with Gasteiger partial charge in [0.15, 0.2) is 5.82 Å². The van der Waals surface area contributed by atoms with Crippen LogP contribution in [0.2, 0.25) is 5.02 Å². The molecule has 2 aliphatic rings. The van der Waals surface area contributed by atoms with Gasteiger partial charge in [0.1, 0.15) is 5.69 Å². The molecule has 1 unspecified atom stereocenters. The van der Waals surface area contributed by atoms with Crippen LogP contribution in [0.5, 0.6) is 0 Å². The highest BCUT2D eigenvalue weighted by Gasteiger charge is 2.54. The number of halogens is 1. The van der Waals surface area contributed by atoms with Crippen molar-refractivity contribution in [2.45, 2.75) is 55.7 Å². The molecule has 1 aliphatic carbocycles. The molecule has 1 aromatic carbocycles. The number of carbonyl (C=O) groups is 2. The van der Waals surface area contributed by atoms with E-state index in [1.807, 2.05) is 26.0 Å². The molecule has 1 fully saturated rings. The summed E-state index contributed by atoms with van der Waals surface area (Å²) in [4.78, 5) is 31.8. The molecule has 10 heteroatoms. The first kappa shape index (κ1) is 23.9. The number of imidazole rings is 1. The molecule has 0 bridgehead atoms. The number of nitrogens with zero attached hydrogens (tertiary/aromatic N) is 3. The van der Waals surface area contributed by atoms with Crippen molar-refractivity contribution < 1.29 is 18.9 Å². The molecule has 2 heterocycles. The van der Waals surface area contributed by atoms with Crippen molar-refractivity contribution >= 4 is 34.2 Å². The molecule has 4 rings (SSSR count). The zero-order valence-corrected chi connectivity index (χ0v) is 20.4. The molecule has 0 saturated heterocycles. The molecule has 0 spiro atoms. The number of aliphatic hydroxyl groups excluding tert-OH is 1. The maximum Gasteiger partial charge on any atom is 0.287 e. The summed E-state index contributed by atoms with van der Waals surface area (Å²) in [5, 5.41) is 12.8. The number of amides is 2. The Bertz CT molecular complexity index is 1080. The summed E-state index contributed by atoms with van der Waals surface area (Å²) in [6.45, 7) is 5.42. The van der Waals surface area contributed by atoms with Crippen LogP contribution in [0.15, 0.2) is 30.5 Å².